The number of hydrogen-bond donors (Lipinski definition) is 1. The summed E-state index contributed by atoms with van der Waals surface area (Å²) in [7, 11) is 0. The van der Waals surface area contributed by atoms with Gasteiger partial charge in [0.05, 0.1) is 4.90 Å². The van der Waals surface area contributed by atoms with Gasteiger partial charge in [0.25, 0.3) is 0 Å². The molecule has 0 saturated carbocycles. The molecule has 17 heavy (non-hydrogen) atoms. The largest absolute Gasteiger partial charge is 0.398 e. The number of benzene rings is 2. The minimum Gasteiger partial charge on any atom is -0.398 e. The molecule has 1 nitrogen and oxygen atoms in total. The highest BCUT2D eigenvalue weighted by Gasteiger charge is 2.14. The first-order chi connectivity index (χ1) is 8.09. The van der Waals surface area contributed by atoms with Crippen LogP contribution in [0, 0.1) is 11.6 Å². The summed E-state index contributed by atoms with van der Waals surface area (Å²) >= 11 is 4.44. The molecular formula is C12H8BrF2NS. The molecule has 2 aromatic carbocycles. The summed E-state index contributed by atoms with van der Waals surface area (Å²) in [5.41, 5.74) is 5.87. The molecule has 0 fully saturated rings. The second kappa shape index (κ2) is 5.06. The maximum Gasteiger partial charge on any atom is 0.174 e. The van der Waals surface area contributed by atoms with Gasteiger partial charge in [0.15, 0.2) is 11.6 Å². The van der Waals surface area contributed by atoms with Crippen LogP contribution in [0.3, 0.4) is 0 Å². The average molecular weight is 316 g/mol. The Hall–Kier alpha value is -1.07. The van der Waals surface area contributed by atoms with Gasteiger partial charge >= 0.3 is 0 Å². The quantitative estimate of drug-likeness (QED) is 0.828. The van der Waals surface area contributed by atoms with Crippen LogP contribution < -0.4 is 5.73 Å². The van der Waals surface area contributed by atoms with E-state index in [0.29, 0.717) is 0 Å². The van der Waals surface area contributed by atoms with Crippen LogP contribution in [0.1, 0.15) is 0 Å². The molecule has 0 radical (unpaired) electrons. The molecule has 2 aromatic rings. The first kappa shape index (κ1) is 12.4. The van der Waals surface area contributed by atoms with Crippen molar-refractivity contribution in [3.8, 4) is 0 Å². The Labute approximate surface area is 110 Å². The molecule has 88 valence electrons. The highest BCUT2D eigenvalue weighted by molar-refractivity contribution is 9.10. The third-order valence-corrected chi connectivity index (χ3v) is 4.28. The number of hydrogen-bond acceptors (Lipinski definition) is 2. The van der Waals surface area contributed by atoms with Crippen molar-refractivity contribution in [3.63, 3.8) is 0 Å². The van der Waals surface area contributed by atoms with Crippen LogP contribution in [0.5, 0.6) is 0 Å². The van der Waals surface area contributed by atoms with Gasteiger partial charge in [-0.25, -0.2) is 8.78 Å². The maximum absolute atomic E-state index is 13.6. The van der Waals surface area contributed by atoms with Gasteiger partial charge < -0.3 is 5.73 Å². The summed E-state index contributed by atoms with van der Waals surface area (Å²) in [6, 6.07) is 9.68. The van der Waals surface area contributed by atoms with Gasteiger partial charge in [0.2, 0.25) is 0 Å². The normalized spacial score (nSPS) is 10.5. The fraction of sp³-hybridized carbons (Fsp3) is 0. The number of anilines is 1. The van der Waals surface area contributed by atoms with Crippen LogP contribution in [0.4, 0.5) is 14.5 Å². The SMILES string of the molecule is Nc1ccc(F)c(F)c1Sc1ccccc1Br. The Bertz CT molecular complexity index is 560. The molecule has 0 bridgehead atoms. The fourth-order valence-electron chi connectivity index (χ4n) is 1.29. The van der Waals surface area contributed by atoms with Gasteiger partial charge in [0, 0.05) is 15.1 Å². The van der Waals surface area contributed by atoms with E-state index < -0.39 is 11.6 Å². The summed E-state index contributed by atoms with van der Waals surface area (Å²) in [6.07, 6.45) is 0. The minimum atomic E-state index is -0.911. The van der Waals surface area contributed by atoms with Crippen molar-refractivity contribution in [2.24, 2.45) is 0 Å². The Morgan fingerprint density at radius 3 is 2.47 bits per heavy atom. The molecule has 5 heteroatoms. The lowest BCUT2D eigenvalue weighted by Gasteiger charge is -2.08. The zero-order valence-corrected chi connectivity index (χ0v) is 11.0. The topological polar surface area (TPSA) is 26.0 Å². The van der Waals surface area contributed by atoms with E-state index in [-0.39, 0.29) is 10.6 Å². The van der Waals surface area contributed by atoms with E-state index in [1.807, 2.05) is 18.2 Å². The lowest BCUT2D eigenvalue weighted by molar-refractivity contribution is 0.492. The van der Waals surface area contributed by atoms with Gasteiger partial charge in [-0.05, 0) is 40.2 Å². The van der Waals surface area contributed by atoms with Crippen LogP contribution in [-0.4, -0.2) is 0 Å². The number of nitrogen functional groups attached to an aromatic ring is 1. The standard InChI is InChI=1S/C12H8BrF2NS/c13-7-3-1-2-4-10(7)17-12-9(16)6-5-8(14)11(12)15/h1-6H,16H2. The van der Waals surface area contributed by atoms with Crippen molar-refractivity contribution in [3.05, 3.63) is 52.5 Å². The van der Waals surface area contributed by atoms with E-state index in [9.17, 15) is 8.78 Å². The van der Waals surface area contributed by atoms with E-state index in [4.69, 9.17) is 5.73 Å². The summed E-state index contributed by atoms with van der Waals surface area (Å²) in [5.74, 6) is -1.81. The molecule has 0 atom stereocenters. The summed E-state index contributed by atoms with van der Waals surface area (Å²) < 4.78 is 27.5. The lowest BCUT2D eigenvalue weighted by atomic mass is 10.3. The Morgan fingerprint density at radius 2 is 1.76 bits per heavy atom. The van der Waals surface area contributed by atoms with Crippen LogP contribution >= 0.6 is 27.7 Å². The Balaban J connectivity index is 2.43. The number of nitrogens with two attached hydrogens (primary N) is 1. The molecule has 0 aromatic heterocycles. The van der Waals surface area contributed by atoms with Crippen LogP contribution in [0.25, 0.3) is 0 Å². The predicted octanol–water partition coefficient (Wildman–Crippen LogP) is 4.46. The third kappa shape index (κ3) is 2.61. The molecular weight excluding hydrogens is 308 g/mol. The van der Waals surface area contributed by atoms with Crippen molar-refractivity contribution in [1.29, 1.82) is 0 Å². The van der Waals surface area contributed by atoms with Crippen molar-refractivity contribution in [2.45, 2.75) is 9.79 Å². The van der Waals surface area contributed by atoms with Crippen LogP contribution in [0.2, 0.25) is 0 Å². The second-order valence-corrected chi connectivity index (χ2v) is 5.22. The average Bonchev–Trinajstić information content (AvgIpc) is 2.32. The predicted molar refractivity (Wildman–Crippen MR) is 69.0 cm³/mol. The van der Waals surface area contributed by atoms with Gasteiger partial charge in [0.1, 0.15) is 0 Å². The van der Waals surface area contributed by atoms with E-state index in [1.54, 1.807) is 6.07 Å². The Kier molecular flexibility index (Phi) is 3.69. The fourth-order valence-corrected chi connectivity index (χ4v) is 2.72. The minimum absolute atomic E-state index is 0.108. The van der Waals surface area contributed by atoms with Crippen molar-refractivity contribution >= 4 is 33.4 Å². The van der Waals surface area contributed by atoms with Crippen molar-refractivity contribution in [1.82, 2.24) is 0 Å². The van der Waals surface area contributed by atoms with Crippen LogP contribution in [0.15, 0.2) is 50.7 Å². The zero-order valence-electron chi connectivity index (χ0n) is 8.58. The highest BCUT2D eigenvalue weighted by Crippen LogP contribution is 2.38. The molecule has 0 aliphatic carbocycles. The molecule has 0 unspecified atom stereocenters. The summed E-state index contributed by atoms with van der Waals surface area (Å²) in [5, 5.41) is 0. The molecule has 0 saturated heterocycles. The lowest BCUT2D eigenvalue weighted by Crippen LogP contribution is -1.95. The first-order valence-corrected chi connectivity index (χ1v) is 6.36. The zero-order chi connectivity index (χ0) is 12.4. The smallest absolute Gasteiger partial charge is 0.174 e. The van der Waals surface area contributed by atoms with Gasteiger partial charge in [-0.1, -0.05) is 23.9 Å². The number of rotatable bonds is 2. The molecule has 2 rings (SSSR count). The molecule has 0 spiro atoms. The summed E-state index contributed by atoms with van der Waals surface area (Å²) in [6.45, 7) is 0. The van der Waals surface area contributed by atoms with Gasteiger partial charge in [-0.15, -0.1) is 0 Å². The monoisotopic (exact) mass is 315 g/mol. The highest BCUT2D eigenvalue weighted by atomic mass is 79.9. The maximum atomic E-state index is 13.6. The second-order valence-electron chi connectivity index (χ2n) is 3.31. The Morgan fingerprint density at radius 1 is 1.06 bits per heavy atom. The molecule has 0 aliphatic heterocycles. The molecule has 2 N–H and O–H groups in total. The van der Waals surface area contributed by atoms with Gasteiger partial charge in [-0.3, -0.25) is 0 Å². The van der Waals surface area contributed by atoms with E-state index in [1.165, 1.54) is 6.07 Å². The summed E-state index contributed by atoms with van der Waals surface area (Å²) in [4.78, 5) is 0.889. The molecule has 0 amide bonds. The first-order valence-electron chi connectivity index (χ1n) is 4.75. The molecule has 0 heterocycles. The molecule has 0 aliphatic rings. The number of halogens is 3. The van der Waals surface area contributed by atoms with E-state index in [0.717, 1.165) is 27.2 Å². The van der Waals surface area contributed by atoms with Crippen molar-refractivity contribution < 1.29 is 8.78 Å². The van der Waals surface area contributed by atoms with E-state index >= 15 is 0 Å². The third-order valence-electron chi connectivity index (χ3n) is 2.13. The van der Waals surface area contributed by atoms with Crippen molar-refractivity contribution in [2.75, 3.05) is 5.73 Å². The van der Waals surface area contributed by atoms with Crippen LogP contribution in [-0.2, 0) is 0 Å². The van der Waals surface area contributed by atoms with Gasteiger partial charge in [-0.2, -0.15) is 0 Å². The van der Waals surface area contributed by atoms with E-state index in [2.05, 4.69) is 15.9 Å².